The summed E-state index contributed by atoms with van der Waals surface area (Å²) in [5, 5.41) is 88.3. The van der Waals surface area contributed by atoms with E-state index < -0.39 is 239 Å². The number of guanidine groups is 1. The van der Waals surface area contributed by atoms with Crippen molar-refractivity contribution < 1.29 is 153 Å². The zero-order valence-corrected chi connectivity index (χ0v) is 84.9. The summed E-state index contributed by atoms with van der Waals surface area (Å²) < 4.78 is 87.3. The smallest absolute Gasteiger partial charge is 0.469 e. The molecule has 816 valence electrons. The number of amides is 12. The Morgan fingerprint density at radius 3 is 1.35 bits per heavy atom. The first-order chi connectivity index (χ1) is 70.6. The number of phenols is 2. The highest BCUT2D eigenvalue weighted by molar-refractivity contribution is 7.46. The maximum absolute atomic E-state index is 14.9. The lowest BCUT2D eigenvalue weighted by atomic mass is 9.80. The molecule has 53 heteroatoms. The number of phenolic OH excluding ortho intramolecular Hbond substituents is 2. The summed E-state index contributed by atoms with van der Waals surface area (Å²) in [5.74, 6) is -19.3. The largest absolute Gasteiger partial charge is 0.505 e. The maximum Gasteiger partial charge on any atom is 0.469 e. The summed E-state index contributed by atoms with van der Waals surface area (Å²) in [4.78, 5) is 226. The number of rotatable bonds is 60. The Balaban J connectivity index is 0.873. The van der Waals surface area contributed by atoms with Gasteiger partial charge in [-0.3, -0.25) is 67.2 Å². The van der Waals surface area contributed by atoms with Crippen LogP contribution in [0.4, 0.5) is 25.0 Å². The van der Waals surface area contributed by atoms with Gasteiger partial charge >= 0.3 is 27.7 Å². The molecule has 0 unspecified atom stereocenters. The standard InChI is InChI=1S/C96H133F2N19O30P2/c1-8-51(2)82(114-89(129)68(47-118)106-79(123)31-10-9-21-40-142-94(134)56-24-12-11-23-55(56)80-60-43-62(97)72(121)45-77(60)146-78-46-73(122)63(98)44-61(78)80)92(132)115-83(52(3)120)93(133)110-66(28-16-19-37-100)87(127)112-71(50-144-149(139,140)141)91(131)113-70(49-143-148(136,137)138)90(130)111-69(48-119)88(128)109-67(29-22-39-104-95(102)103)86(126)108-65(27-15-18-36-99)85(125)107-64(84(101)124)26-17-20-38-105-96(135)147-74-30-14-13-25-57(74)81-58-34-32-53(116(4)5)41-75(58)145-76-42-54(117(6)7)33-35-59(76)81/h11-14,23-25,30,32-35,41-46,51-52,64-71,80-83,118-122H,8-10,15-22,26-29,31,36-40,47-50,99-100H2,1-7H3,(H2,101,124)(H,105,135)(H,106,123)(H,107,125)(H,108,126)(H,109,128)(H,110,133)(H,111,130)(H,112,127)(H,113,131)(H,114,129)(H,115,132)(H4,102,103,104)(H2,136,137,138)(H2,139,140,141)/t51-,52+,64-,65-,66-,67-,68-,69-,70-,71-,82-,83-/m0/s1. The number of hydrogen-bond donors (Lipinski definition) is 26. The number of ether oxygens (including phenoxy) is 4. The number of carbonyl (C=O) groups excluding carboxylic acids is 13. The van der Waals surface area contributed by atoms with E-state index in [1.54, 1.807) is 25.1 Å². The molecule has 12 atom stereocenters. The molecule has 6 aromatic rings. The number of anilines is 2. The van der Waals surface area contributed by atoms with Crippen LogP contribution >= 0.6 is 15.6 Å². The number of phosphoric ester groups is 2. The Morgan fingerprint density at radius 1 is 0.456 bits per heavy atom. The molecular formula is C96H133F2N19O30P2. The third-order valence-corrected chi connectivity index (χ3v) is 25.3. The molecule has 0 saturated carbocycles. The van der Waals surface area contributed by atoms with Crippen LogP contribution < -0.4 is 111 Å². The fraction of sp³-hybridized carbons (Fsp3) is 0.479. The SMILES string of the molecule is CC[C@H](C)[C@H](NC(=O)[C@H](CO)NC(=O)CCCCCOC(=O)c1ccccc1C1c2cc(F)c(O)cc2Oc2cc(O)c(F)cc21)C(=O)N[C@H](C(=O)N[C@@H](CCCCN)C(=O)N[C@@H](COP(=O)(O)O)C(=O)N[C@@H](COP(=O)(O)O)C(=O)N[C@@H](CO)C(=O)N[C@@H](CCCNC(=N)N)C(=O)N[C@@H](CCCCN)C(=O)N[C@@H](CCCCNC(=O)Oc1ccccc1C1c2ccc(N(C)C)cc2Oc2cc(N(C)C)ccc21)C(N)=O)[C@@H](C)O. The third-order valence-electron chi connectivity index (χ3n) is 24.3. The lowest BCUT2D eigenvalue weighted by Gasteiger charge is -2.31. The average Bonchev–Trinajstić information content (AvgIpc) is 0.740. The first-order valence-corrected chi connectivity index (χ1v) is 51.1. The minimum atomic E-state index is -5.67. The van der Waals surface area contributed by atoms with Crippen LogP contribution in [-0.4, -0.2) is 282 Å². The second-order valence-electron chi connectivity index (χ2n) is 35.9. The number of nitrogens with two attached hydrogens (primary N) is 4. The molecule has 0 radical (unpaired) electrons. The van der Waals surface area contributed by atoms with Crippen molar-refractivity contribution in [3.8, 4) is 40.2 Å². The van der Waals surface area contributed by atoms with Crippen molar-refractivity contribution in [2.24, 2.45) is 28.9 Å². The fourth-order valence-electron chi connectivity index (χ4n) is 16.1. The van der Waals surface area contributed by atoms with Crippen LogP contribution in [-0.2, 0) is 75.7 Å². The quantitative estimate of drug-likeness (QED) is 0.00838. The molecular weight excluding hydrogens is 2000 g/mol. The first kappa shape index (κ1) is 120. The monoisotopic (exact) mass is 2130 g/mol. The number of unbranched alkanes of at least 4 members (excludes halogenated alkanes) is 5. The summed E-state index contributed by atoms with van der Waals surface area (Å²) in [6.07, 6.45) is -2.23. The summed E-state index contributed by atoms with van der Waals surface area (Å²) in [6, 6.07) is 9.96. The normalized spacial score (nSPS) is 14.6. The molecule has 30 N–H and O–H groups in total. The van der Waals surface area contributed by atoms with Crippen molar-refractivity contribution in [2.45, 2.75) is 202 Å². The van der Waals surface area contributed by atoms with E-state index in [0.717, 1.165) is 53.7 Å². The predicted octanol–water partition coefficient (Wildman–Crippen LogP) is 1.24. The van der Waals surface area contributed by atoms with Gasteiger partial charge in [-0.2, -0.15) is 0 Å². The van der Waals surface area contributed by atoms with E-state index in [-0.39, 0.29) is 162 Å². The summed E-state index contributed by atoms with van der Waals surface area (Å²) >= 11 is 0. The third kappa shape index (κ3) is 36.3. The van der Waals surface area contributed by atoms with Crippen LogP contribution in [0, 0.1) is 23.0 Å². The number of carbonyl (C=O) groups is 13. The number of halogens is 2. The summed E-state index contributed by atoms with van der Waals surface area (Å²) in [5.41, 5.74) is 27.4. The highest BCUT2D eigenvalue weighted by atomic mass is 31.2. The topological polar surface area (TPSA) is 772 Å². The Hall–Kier alpha value is -13.8. The molecule has 2 aliphatic rings. The van der Waals surface area contributed by atoms with Crippen LogP contribution in [0.1, 0.15) is 179 Å². The number of hydrogen-bond acceptors (Lipinski definition) is 31. The van der Waals surface area contributed by atoms with Crippen LogP contribution in [0.2, 0.25) is 0 Å². The van der Waals surface area contributed by atoms with E-state index in [9.17, 15) is 125 Å². The molecule has 0 spiro atoms. The number of fused-ring (bicyclic) bond motifs is 4. The number of aliphatic hydroxyl groups is 3. The Kier molecular flexibility index (Phi) is 46.6. The molecule has 149 heavy (non-hydrogen) atoms. The Bertz CT molecular complexity index is 5690. The average molecular weight is 2130 g/mol. The molecule has 49 nitrogen and oxygen atoms in total. The van der Waals surface area contributed by atoms with Gasteiger partial charge in [0.05, 0.1) is 44.7 Å². The number of esters is 1. The van der Waals surface area contributed by atoms with Crippen molar-refractivity contribution >= 4 is 110 Å². The predicted molar refractivity (Wildman–Crippen MR) is 534 cm³/mol. The zero-order chi connectivity index (χ0) is 110. The van der Waals surface area contributed by atoms with E-state index >= 15 is 0 Å². The van der Waals surface area contributed by atoms with Crippen molar-refractivity contribution in [3.05, 3.63) is 160 Å². The van der Waals surface area contributed by atoms with Gasteiger partial charge in [0.1, 0.15) is 89.2 Å². The number of primary amides is 1. The number of phosphoric acid groups is 2. The number of nitrogens with zero attached hydrogens (tertiary/aromatic N) is 2. The van der Waals surface area contributed by atoms with Gasteiger partial charge in [0.2, 0.25) is 65.0 Å². The number of aliphatic hydroxyl groups excluding tert-OH is 3. The molecule has 6 aromatic carbocycles. The van der Waals surface area contributed by atoms with Gasteiger partial charge in [-0.05, 0) is 158 Å². The van der Waals surface area contributed by atoms with Crippen molar-refractivity contribution in [3.63, 3.8) is 0 Å². The molecule has 2 heterocycles. The van der Waals surface area contributed by atoms with Crippen molar-refractivity contribution in [2.75, 3.05) is 97.2 Å². The van der Waals surface area contributed by atoms with Crippen LogP contribution in [0.5, 0.6) is 40.2 Å². The molecule has 0 fully saturated rings. The van der Waals surface area contributed by atoms with Gasteiger partial charge < -0.3 is 161 Å². The molecule has 12 amide bonds. The lowest BCUT2D eigenvalue weighted by molar-refractivity contribution is -0.138. The number of nitrogens with one attached hydrogen (secondary N) is 13. The first-order valence-electron chi connectivity index (χ1n) is 48.0. The van der Waals surface area contributed by atoms with Gasteiger partial charge in [0, 0.05) is 123 Å². The van der Waals surface area contributed by atoms with Crippen molar-refractivity contribution in [1.82, 2.24) is 63.8 Å². The van der Waals surface area contributed by atoms with Gasteiger partial charge in [-0.15, -0.1) is 0 Å². The fourth-order valence-corrected chi connectivity index (χ4v) is 16.8. The minimum absolute atomic E-state index is 0.00717. The van der Waals surface area contributed by atoms with E-state index in [0.29, 0.717) is 23.5 Å². The highest BCUT2D eigenvalue weighted by Crippen LogP contribution is 2.53. The number of aromatic hydroxyl groups is 2. The lowest BCUT2D eigenvalue weighted by Crippen LogP contribution is -2.63. The second-order valence-corrected chi connectivity index (χ2v) is 38.4. The molecule has 0 aliphatic carbocycles. The highest BCUT2D eigenvalue weighted by Gasteiger charge is 2.42. The molecule has 0 bridgehead atoms. The van der Waals surface area contributed by atoms with Crippen LogP contribution in [0.15, 0.2) is 109 Å². The van der Waals surface area contributed by atoms with Gasteiger partial charge in [0.15, 0.2) is 29.1 Å². The van der Waals surface area contributed by atoms with E-state index in [1.165, 1.54) is 25.1 Å². The molecule has 0 aromatic heterocycles. The Morgan fingerprint density at radius 2 is 0.866 bits per heavy atom. The van der Waals surface area contributed by atoms with Gasteiger partial charge in [-0.1, -0.05) is 68.8 Å². The zero-order valence-electron chi connectivity index (χ0n) is 83.1. The van der Waals surface area contributed by atoms with E-state index in [1.807, 2.05) is 97.2 Å². The van der Waals surface area contributed by atoms with Gasteiger partial charge in [0.25, 0.3) is 0 Å². The summed E-state index contributed by atoms with van der Waals surface area (Å²) in [6.45, 7) is -1.48. The second kappa shape index (κ2) is 57.7. The Labute approximate surface area is 856 Å². The molecule has 2 aliphatic heterocycles. The van der Waals surface area contributed by atoms with E-state index in [4.69, 9.17) is 47.3 Å². The summed E-state index contributed by atoms with van der Waals surface area (Å²) in [7, 11) is -3.68. The van der Waals surface area contributed by atoms with Crippen molar-refractivity contribution in [1.29, 1.82) is 5.41 Å². The van der Waals surface area contributed by atoms with E-state index in [2.05, 4.69) is 62.2 Å². The maximum atomic E-state index is 14.9. The molecule has 0 saturated heterocycles. The molecule has 8 rings (SSSR count). The number of para-hydroxylation sites is 1. The minimum Gasteiger partial charge on any atom is -0.505 e. The number of benzene rings is 6. The van der Waals surface area contributed by atoms with Crippen LogP contribution in [0.25, 0.3) is 0 Å². The van der Waals surface area contributed by atoms with Gasteiger partial charge in [-0.25, -0.2) is 27.5 Å². The van der Waals surface area contributed by atoms with Crippen LogP contribution in [0.3, 0.4) is 0 Å².